The van der Waals surface area contributed by atoms with Gasteiger partial charge in [-0.1, -0.05) is 11.6 Å². The fourth-order valence-corrected chi connectivity index (χ4v) is 5.02. The van der Waals surface area contributed by atoms with Crippen molar-refractivity contribution in [1.82, 2.24) is 4.90 Å². The highest BCUT2D eigenvalue weighted by molar-refractivity contribution is 5.42. The van der Waals surface area contributed by atoms with Crippen molar-refractivity contribution in [1.29, 1.82) is 0 Å². The van der Waals surface area contributed by atoms with Crippen molar-refractivity contribution in [3.63, 3.8) is 0 Å². The Bertz CT molecular complexity index is 672. The third-order valence-electron chi connectivity index (χ3n) is 7.01. The molecular formula is C23H34N2O3. The van der Waals surface area contributed by atoms with E-state index >= 15 is 0 Å². The Hall–Kier alpha value is -1.46. The third-order valence-corrected chi connectivity index (χ3v) is 7.01. The second-order valence-electron chi connectivity index (χ2n) is 9.28. The molecule has 1 heterocycles. The number of benzene rings is 1. The van der Waals surface area contributed by atoms with Crippen molar-refractivity contribution in [2.24, 2.45) is 11.8 Å². The third kappa shape index (κ3) is 5.12. The van der Waals surface area contributed by atoms with Crippen LogP contribution >= 0.6 is 0 Å². The molecule has 1 aliphatic heterocycles. The number of aryl methyl sites for hydroxylation is 1. The van der Waals surface area contributed by atoms with Gasteiger partial charge in [-0.3, -0.25) is 10.1 Å². The van der Waals surface area contributed by atoms with Gasteiger partial charge in [0.2, 0.25) is 0 Å². The summed E-state index contributed by atoms with van der Waals surface area (Å²) in [5.41, 5.74) is 2.31. The molecule has 0 amide bonds. The van der Waals surface area contributed by atoms with Crippen molar-refractivity contribution in [2.45, 2.75) is 76.9 Å². The van der Waals surface area contributed by atoms with E-state index in [1.165, 1.54) is 38.5 Å². The summed E-state index contributed by atoms with van der Waals surface area (Å²) in [6.45, 7) is 5.29. The molecule has 3 fully saturated rings. The average molecular weight is 387 g/mol. The molecule has 2 saturated carbocycles. The molecule has 154 valence electrons. The molecule has 2 aliphatic carbocycles. The highest BCUT2D eigenvalue weighted by Gasteiger charge is 2.31. The van der Waals surface area contributed by atoms with Crippen molar-refractivity contribution < 1.29 is 9.66 Å². The largest absolute Gasteiger partial charge is 0.378 e. The molecule has 1 saturated heterocycles. The van der Waals surface area contributed by atoms with E-state index in [0.29, 0.717) is 12.0 Å². The number of nitro groups is 1. The molecule has 0 aromatic heterocycles. The second-order valence-corrected chi connectivity index (χ2v) is 9.28. The minimum Gasteiger partial charge on any atom is -0.378 e. The Balaban J connectivity index is 1.23. The number of nitrogens with zero attached hydrogens (tertiary/aromatic N) is 2. The highest BCUT2D eigenvalue weighted by atomic mass is 16.6. The zero-order valence-corrected chi connectivity index (χ0v) is 17.1. The van der Waals surface area contributed by atoms with Gasteiger partial charge in [0, 0.05) is 24.3 Å². The van der Waals surface area contributed by atoms with Gasteiger partial charge in [-0.2, -0.15) is 0 Å². The smallest absolute Gasteiger partial charge is 0.272 e. The van der Waals surface area contributed by atoms with Crippen LogP contribution in [0, 0.1) is 28.9 Å². The topological polar surface area (TPSA) is 55.6 Å². The normalized spacial score (nSPS) is 27.0. The van der Waals surface area contributed by atoms with Crippen LogP contribution in [0.5, 0.6) is 0 Å². The molecule has 5 heteroatoms. The predicted octanol–water partition coefficient (Wildman–Crippen LogP) is 4.90. The molecule has 5 nitrogen and oxygen atoms in total. The SMILES string of the molecule is Cc1ccc([N+](=O)[O-])c(CC2CCN(C3CCC(OCC4CC4)CC3)CC2)c1. The van der Waals surface area contributed by atoms with Crippen LogP contribution in [-0.2, 0) is 11.2 Å². The van der Waals surface area contributed by atoms with E-state index in [-0.39, 0.29) is 10.6 Å². The molecule has 1 aromatic carbocycles. The first-order valence-electron chi connectivity index (χ1n) is 11.2. The van der Waals surface area contributed by atoms with Gasteiger partial charge in [0.1, 0.15) is 0 Å². The van der Waals surface area contributed by atoms with E-state index in [1.54, 1.807) is 6.07 Å². The maximum absolute atomic E-state index is 11.3. The first-order valence-corrected chi connectivity index (χ1v) is 11.2. The fraction of sp³-hybridized carbons (Fsp3) is 0.739. The fourth-order valence-electron chi connectivity index (χ4n) is 5.02. The maximum Gasteiger partial charge on any atom is 0.272 e. The van der Waals surface area contributed by atoms with Gasteiger partial charge in [0.15, 0.2) is 0 Å². The second kappa shape index (κ2) is 8.91. The Morgan fingerprint density at radius 2 is 1.75 bits per heavy atom. The van der Waals surface area contributed by atoms with Gasteiger partial charge >= 0.3 is 0 Å². The molecule has 0 unspecified atom stereocenters. The number of nitro benzene ring substituents is 1. The van der Waals surface area contributed by atoms with Gasteiger partial charge in [-0.15, -0.1) is 0 Å². The van der Waals surface area contributed by atoms with Gasteiger partial charge in [0.05, 0.1) is 11.0 Å². The summed E-state index contributed by atoms with van der Waals surface area (Å²) in [6, 6.07) is 6.24. The zero-order valence-electron chi connectivity index (χ0n) is 17.1. The lowest BCUT2D eigenvalue weighted by atomic mass is 9.86. The lowest BCUT2D eigenvalue weighted by Crippen LogP contribution is -2.44. The van der Waals surface area contributed by atoms with Crippen LogP contribution in [0.25, 0.3) is 0 Å². The van der Waals surface area contributed by atoms with Crippen LogP contribution in [0.1, 0.15) is 62.5 Å². The lowest BCUT2D eigenvalue weighted by Gasteiger charge is -2.40. The number of hydrogen-bond donors (Lipinski definition) is 0. The highest BCUT2D eigenvalue weighted by Crippen LogP contribution is 2.33. The number of ether oxygens (including phenoxy) is 1. The number of likely N-dealkylation sites (tertiary alicyclic amines) is 1. The summed E-state index contributed by atoms with van der Waals surface area (Å²) < 4.78 is 6.09. The lowest BCUT2D eigenvalue weighted by molar-refractivity contribution is -0.385. The summed E-state index contributed by atoms with van der Waals surface area (Å²) in [4.78, 5) is 13.8. The Morgan fingerprint density at radius 1 is 1.04 bits per heavy atom. The number of piperidine rings is 1. The zero-order chi connectivity index (χ0) is 19.5. The van der Waals surface area contributed by atoms with Gasteiger partial charge < -0.3 is 9.64 Å². The van der Waals surface area contributed by atoms with E-state index in [4.69, 9.17) is 4.74 Å². The quantitative estimate of drug-likeness (QED) is 0.494. The Morgan fingerprint density at radius 3 is 2.39 bits per heavy atom. The standard InChI is InChI=1S/C23H34N2O3/c1-17-2-9-23(25(26)27)20(14-17)15-18-10-12-24(13-11-18)21-5-7-22(8-6-21)28-16-19-3-4-19/h2,9,14,18-19,21-22H,3-8,10-13,15-16H2,1H3. The molecule has 0 radical (unpaired) electrons. The summed E-state index contributed by atoms with van der Waals surface area (Å²) >= 11 is 0. The van der Waals surface area contributed by atoms with Crippen LogP contribution in [0.3, 0.4) is 0 Å². The molecule has 0 atom stereocenters. The van der Waals surface area contributed by atoms with E-state index in [1.807, 2.05) is 19.1 Å². The number of hydrogen-bond acceptors (Lipinski definition) is 4. The molecule has 28 heavy (non-hydrogen) atoms. The van der Waals surface area contributed by atoms with Crippen LogP contribution < -0.4 is 0 Å². The minimum atomic E-state index is -0.229. The first-order chi connectivity index (χ1) is 13.6. The molecule has 0 N–H and O–H groups in total. The number of rotatable bonds is 7. The molecule has 3 aliphatic rings. The first kappa shape index (κ1) is 19.8. The Kier molecular flexibility index (Phi) is 6.32. The van der Waals surface area contributed by atoms with Crippen molar-refractivity contribution in [3.8, 4) is 0 Å². The maximum atomic E-state index is 11.3. The summed E-state index contributed by atoms with van der Waals surface area (Å²) in [7, 11) is 0. The summed E-state index contributed by atoms with van der Waals surface area (Å²) in [5.74, 6) is 1.43. The van der Waals surface area contributed by atoms with Gasteiger partial charge in [-0.25, -0.2) is 0 Å². The van der Waals surface area contributed by atoms with Crippen molar-refractivity contribution in [2.75, 3.05) is 19.7 Å². The predicted molar refractivity (Wildman–Crippen MR) is 111 cm³/mol. The monoisotopic (exact) mass is 386 g/mol. The van der Waals surface area contributed by atoms with E-state index < -0.39 is 0 Å². The summed E-state index contributed by atoms with van der Waals surface area (Å²) in [6.07, 6.45) is 11.4. The molecular weight excluding hydrogens is 352 g/mol. The molecule has 0 bridgehead atoms. The summed E-state index contributed by atoms with van der Waals surface area (Å²) in [5, 5.41) is 11.3. The van der Waals surface area contributed by atoms with Crippen LogP contribution in [0.4, 0.5) is 5.69 Å². The van der Waals surface area contributed by atoms with E-state index in [0.717, 1.165) is 62.0 Å². The van der Waals surface area contributed by atoms with E-state index in [9.17, 15) is 10.1 Å². The molecule has 1 aromatic rings. The van der Waals surface area contributed by atoms with Crippen molar-refractivity contribution in [3.05, 3.63) is 39.4 Å². The van der Waals surface area contributed by atoms with Crippen LogP contribution in [0.15, 0.2) is 18.2 Å². The molecule has 4 rings (SSSR count). The van der Waals surface area contributed by atoms with Crippen molar-refractivity contribution >= 4 is 5.69 Å². The molecule has 0 spiro atoms. The Labute approximate surface area is 168 Å². The average Bonchev–Trinajstić information content (AvgIpc) is 3.52. The van der Waals surface area contributed by atoms with Crippen LogP contribution in [-0.4, -0.2) is 41.7 Å². The van der Waals surface area contributed by atoms with Gasteiger partial charge in [0.25, 0.3) is 5.69 Å². The van der Waals surface area contributed by atoms with E-state index in [2.05, 4.69) is 4.90 Å². The van der Waals surface area contributed by atoms with Gasteiger partial charge in [-0.05, 0) is 95.7 Å². The van der Waals surface area contributed by atoms with Crippen LogP contribution in [0.2, 0.25) is 0 Å². The minimum absolute atomic E-state index is 0.229.